The Labute approximate surface area is 107 Å². The van der Waals surface area contributed by atoms with Crippen LogP contribution in [0.5, 0.6) is 0 Å². The summed E-state index contributed by atoms with van der Waals surface area (Å²) in [6, 6.07) is 0.0747. The highest BCUT2D eigenvalue weighted by Gasteiger charge is 2.39. The van der Waals surface area contributed by atoms with Crippen molar-refractivity contribution in [1.82, 2.24) is 10.6 Å². The molecule has 0 saturated carbocycles. The van der Waals surface area contributed by atoms with E-state index in [0.29, 0.717) is 32.7 Å². The number of ether oxygens (including phenoxy) is 2. The fourth-order valence-corrected chi connectivity index (χ4v) is 2.30. The van der Waals surface area contributed by atoms with E-state index in [-0.39, 0.29) is 24.6 Å². The number of nitrogens with one attached hydrogen (secondary N) is 2. The Morgan fingerprint density at radius 1 is 1.56 bits per heavy atom. The van der Waals surface area contributed by atoms with E-state index in [2.05, 4.69) is 10.6 Å². The van der Waals surface area contributed by atoms with E-state index in [4.69, 9.17) is 9.47 Å². The summed E-state index contributed by atoms with van der Waals surface area (Å²) < 4.78 is 10.6. The Morgan fingerprint density at radius 2 is 2.39 bits per heavy atom. The first kappa shape index (κ1) is 13.7. The summed E-state index contributed by atoms with van der Waals surface area (Å²) in [6.45, 7) is 4.68. The molecule has 0 aliphatic carbocycles. The van der Waals surface area contributed by atoms with Crippen LogP contribution in [0.25, 0.3) is 0 Å². The minimum Gasteiger partial charge on any atom is -0.385 e. The summed E-state index contributed by atoms with van der Waals surface area (Å²) in [6.07, 6.45) is 0.721. The molecule has 3 N–H and O–H groups in total. The molecule has 2 aliphatic heterocycles. The molecule has 3 atom stereocenters. The highest BCUT2D eigenvalue weighted by Crippen LogP contribution is 2.24. The Kier molecular flexibility index (Phi) is 4.55. The van der Waals surface area contributed by atoms with E-state index >= 15 is 0 Å². The van der Waals surface area contributed by atoms with Gasteiger partial charge in [-0.2, -0.15) is 0 Å². The number of aliphatic hydroxyl groups is 1. The molecule has 0 aromatic carbocycles. The number of rotatable bonds is 4. The lowest BCUT2D eigenvalue weighted by Crippen LogP contribution is -2.49. The number of morpholine rings is 1. The van der Waals surface area contributed by atoms with Crippen LogP contribution in [-0.2, 0) is 14.3 Å². The van der Waals surface area contributed by atoms with Gasteiger partial charge in [0.25, 0.3) is 0 Å². The smallest absolute Gasteiger partial charge is 0.221 e. The van der Waals surface area contributed by atoms with Crippen molar-refractivity contribution in [3.8, 4) is 0 Å². The van der Waals surface area contributed by atoms with E-state index in [1.54, 1.807) is 0 Å². The summed E-state index contributed by atoms with van der Waals surface area (Å²) in [5, 5.41) is 16.2. The highest BCUT2D eigenvalue weighted by molar-refractivity contribution is 5.76. The molecule has 104 valence electrons. The van der Waals surface area contributed by atoms with Crippen LogP contribution in [0, 0.1) is 0 Å². The van der Waals surface area contributed by atoms with E-state index in [1.165, 1.54) is 0 Å². The second-order valence-electron chi connectivity index (χ2n) is 5.07. The van der Waals surface area contributed by atoms with Gasteiger partial charge in [-0.3, -0.25) is 4.79 Å². The number of amides is 1. The first-order chi connectivity index (χ1) is 8.60. The summed E-state index contributed by atoms with van der Waals surface area (Å²) in [4.78, 5) is 11.8. The van der Waals surface area contributed by atoms with Crippen molar-refractivity contribution in [2.24, 2.45) is 0 Å². The van der Waals surface area contributed by atoms with Gasteiger partial charge in [0.2, 0.25) is 5.91 Å². The van der Waals surface area contributed by atoms with Gasteiger partial charge < -0.3 is 25.2 Å². The third kappa shape index (κ3) is 3.41. The summed E-state index contributed by atoms with van der Waals surface area (Å²) in [5.41, 5.74) is -0.924. The zero-order valence-electron chi connectivity index (χ0n) is 10.8. The molecule has 3 unspecified atom stereocenters. The van der Waals surface area contributed by atoms with Crippen LogP contribution in [0.15, 0.2) is 0 Å². The maximum atomic E-state index is 11.8. The van der Waals surface area contributed by atoms with Crippen LogP contribution in [0.1, 0.15) is 19.8 Å². The van der Waals surface area contributed by atoms with Crippen molar-refractivity contribution in [3.63, 3.8) is 0 Å². The van der Waals surface area contributed by atoms with Gasteiger partial charge >= 0.3 is 0 Å². The maximum Gasteiger partial charge on any atom is 0.221 e. The molecular weight excluding hydrogens is 236 g/mol. The lowest BCUT2D eigenvalue weighted by Gasteiger charge is -2.27. The quantitative estimate of drug-likeness (QED) is 0.604. The fourth-order valence-electron chi connectivity index (χ4n) is 2.30. The van der Waals surface area contributed by atoms with E-state index < -0.39 is 5.60 Å². The van der Waals surface area contributed by atoms with Crippen LogP contribution in [0.2, 0.25) is 0 Å². The topological polar surface area (TPSA) is 79.8 Å². The van der Waals surface area contributed by atoms with Crippen molar-refractivity contribution >= 4 is 5.91 Å². The monoisotopic (exact) mass is 258 g/mol. The van der Waals surface area contributed by atoms with Crippen molar-refractivity contribution in [2.45, 2.75) is 37.5 Å². The molecule has 6 heteroatoms. The molecule has 1 amide bonds. The van der Waals surface area contributed by atoms with Gasteiger partial charge in [0, 0.05) is 38.6 Å². The van der Waals surface area contributed by atoms with Crippen LogP contribution < -0.4 is 10.6 Å². The molecule has 0 bridgehead atoms. The maximum absolute atomic E-state index is 11.8. The second kappa shape index (κ2) is 5.97. The molecule has 18 heavy (non-hydrogen) atoms. The molecule has 2 heterocycles. The minimum absolute atomic E-state index is 0.0643. The molecule has 2 saturated heterocycles. The van der Waals surface area contributed by atoms with Crippen LogP contribution in [0.4, 0.5) is 0 Å². The first-order valence-electron chi connectivity index (χ1n) is 6.52. The Morgan fingerprint density at radius 3 is 3.00 bits per heavy atom. The molecule has 2 rings (SSSR count). The molecule has 2 aliphatic rings. The zero-order chi connectivity index (χ0) is 13.0. The predicted octanol–water partition coefficient (Wildman–Crippen LogP) is -0.979. The number of hydrogen-bond donors (Lipinski definition) is 3. The standard InChI is InChI=1S/C12H22N2O4/c1-9-12(16,2-4-18-9)8-14-11(15)6-10-7-17-5-3-13-10/h9-10,13,16H,2-8H2,1H3,(H,14,15). The Hall–Kier alpha value is -0.690. The number of carbonyl (C=O) groups excluding carboxylic acids is 1. The Bertz CT molecular complexity index is 294. The second-order valence-corrected chi connectivity index (χ2v) is 5.07. The summed E-state index contributed by atoms with van der Waals surface area (Å²) in [7, 11) is 0. The van der Waals surface area contributed by atoms with Gasteiger partial charge in [-0.15, -0.1) is 0 Å². The molecule has 0 radical (unpaired) electrons. The van der Waals surface area contributed by atoms with Gasteiger partial charge in [0.15, 0.2) is 0 Å². The van der Waals surface area contributed by atoms with E-state index in [0.717, 1.165) is 6.54 Å². The average molecular weight is 258 g/mol. The SMILES string of the molecule is CC1OCCC1(O)CNC(=O)CC1COCCN1. The third-order valence-corrected chi connectivity index (χ3v) is 3.68. The van der Waals surface area contributed by atoms with Gasteiger partial charge in [0.1, 0.15) is 5.60 Å². The molecule has 0 aromatic heterocycles. The van der Waals surface area contributed by atoms with Crippen molar-refractivity contribution in [3.05, 3.63) is 0 Å². The van der Waals surface area contributed by atoms with Crippen molar-refractivity contribution in [2.75, 3.05) is 32.9 Å². The Balaban J connectivity index is 1.71. The molecular formula is C12H22N2O4. The number of carbonyl (C=O) groups is 1. The predicted molar refractivity (Wildman–Crippen MR) is 65.2 cm³/mol. The summed E-state index contributed by atoms with van der Waals surface area (Å²) in [5.74, 6) is -0.0643. The average Bonchev–Trinajstić information content (AvgIpc) is 2.69. The molecule has 2 fully saturated rings. The number of hydrogen-bond acceptors (Lipinski definition) is 5. The van der Waals surface area contributed by atoms with Crippen LogP contribution in [0.3, 0.4) is 0 Å². The van der Waals surface area contributed by atoms with Crippen LogP contribution >= 0.6 is 0 Å². The molecule has 0 spiro atoms. The molecule has 6 nitrogen and oxygen atoms in total. The van der Waals surface area contributed by atoms with Gasteiger partial charge in [-0.25, -0.2) is 0 Å². The third-order valence-electron chi connectivity index (χ3n) is 3.68. The minimum atomic E-state index is -0.924. The van der Waals surface area contributed by atoms with Gasteiger partial charge in [-0.05, 0) is 6.92 Å². The van der Waals surface area contributed by atoms with Crippen molar-refractivity contribution < 1.29 is 19.4 Å². The van der Waals surface area contributed by atoms with E-state index in [9.17, 15) is 9.90 Å². The molecule has 0 aromatic rings. The summed E-state index contributed by atoms with van der Waals surface area (Å²) >= 11 is 0. The fraction of sp³-hybridized carbons (Fsp3) is 0.917. The normalized spacial score (nSPS) is 36.6. The van der Waals surface area contributed by atoms with Gasteiger partial charge in [0.05, 0.1) is 19.3 Å². The van der Waals surface area contributed by atoms with Gasteiger partial charge in [-0.1, -0.05) is 0 Å². The van der Waals surface area contributed by atoms with Crippen LogP contribution in [-0.4, -0.2) is 61.7 Å². The lowest BCUT2D eigenvalue weighted by molar-refractivity contribution is -0.124. The largest absolute Gasteiger partial charge is 0.385 e. The zero-order valence-corrected chi connectivity index (χ0v) is 10.8. The highest BCUT2D eigenvalue weighted by atomic mass is 16.5. The first-order valence-corrected chi connectivity index (χ1v) is 6.52. The van der Waals surface area contributed by atoms with Crippen molar-refractivity contribution in [1.29, 1.82) is 0 Å². The van der Waals surface area contributed by atoms with E-state index in [1.807, 2.05) is 6.92 Å². The lowest BCUT2D eigenvalue weighted by atomic mass is 9.96.